The molecular formula is C22H21NO2. The topological polar surface area (TPSA) is 38.3 Å². The van der Waals surface area contributed by atoms with E-state index >= 15 is 0 Å². The Bertz CT molecular complexity index is 805. The van der Waals surface area contributed by atoms with Crippen LogP contribution in [0.4, 0.5) is 0 Å². The Morgan fingerprint density at radius 2 is 1.44 bits per heavy atom. The number of rotatable bonds is 5. The summed E-state index contributed by atoms with van der Waals surface area (Å²) in [7, 11) is 1.58. The molecule has 1 amide bonds. The molecule has 0 radical (unpaired) electrons. The molecule has 3 heteroatoms. The Labute approximate surface area is 148 Å². The summed E-state index contributed by atoms with van der Waals surface area (Å²) in [6.45, 7) is 1.96. The van der Waals surface area contributed by atoms with Gasteiger partial charge in [-0.3, -0.25) is 4.79 Å². The second-order valence-electron chi connectivity index (χ2n) is 5.93. The minimum Gasteiger partial charge on any atom is -0.496 e. The summed E-state index contributed by atoms with van der Waals surface area (Å²) < 4.78 is 5.35. The van der Waals surface area contributed by atoms with Crippen LogP contribution in [-0.4, -0.2) is 13.0 Å². The lowest BCUT2D eigenvalue weighted by Gasteiger charge is -2.21. The van der Waals surface area contributed by atoms with Crippen LogP contribution in [0.2, 0.25) is 0 Å². The van der Waals surface area contributed by atoms with Gasteiger partial charge in [-0.1, -0.05) is 72.3 Å². The third-order valence-electron chi connectivity index (χ3n) is 4.14. The van der Waals surface area contributed by atoms with Gasteiger partial charge in [-0.15, -0.1) is 0 Å². The largest absolute Gasteiger partial charge is 0.496 e. The van der Waals surface area contributed by atoms with Crippen molar-refractivity contribution in [2.24, 2.45) is 0 Å². The number of methoxy groups -OCH3 is 1. The van der Waals surface area contributed by atoms with Crippen LogP contribution in [0.1, 0.15) is 33.1 Å². The first kappa shape index (κ1) is 16.8. The summed E-state index contributed by atoms with van der Waals surface area (Å²) in [5, 5.41) is 3.15. The van der Waals surface area contributed by atoms with Crippen molar-refractivity contribution in [3.63, 3.8) is 0 Å². The molecule has 0 unspecified atom stereocenters. The van der Waals surface area contributed by atoms with Crippen molar-refractivity contribution in [3.05, 3.63) is 101 Å². The number of carbonyl (C=O) groups is 1. The van der Waals surface area contributed by atoms with E-state index in [4.69, 9.17) is 4.74 Å². The molecule has 25 heavy (non-hydrogen) atoms. The van der Waals surface area contributed by atoms with Crippen molar-refractivity contribution in [2.45, 2.75) is 13.0 Å². The van der Waals surface area contributed by atoms with Crippen molar-refractivity contribution in [1.29, 1.82) is 0 Å². The average Bonchev–Trinajstić information content (AvgIpc) is 2.67. The number of nitrogens with one attached hydrogen (secondary N) is 1. The van der Waals surface area contributed by atoms with E-state index in [9.17, 15) is 4.79 Å². The number of benzene rings is 3. The SMILES string of the molecule is COc1ccc(C)cc1C(=O)NC(c1ccccc1)c1ccccc1. The van der Waals surface area contributed by atoms with Gasteiger partial charge in [0.15, 0.2) is 0 Å². The molecule has 1 N–H and O–H groups in total. The highest BCUT2D eigenvalue weighted by Gasteiger charge is 2.20. The monoisotopic (exact) mass is 331 g/mol. The Hall–Kier alpha value is -3.07. The number of amides is 1. The lowest BCUT2D eigenvalue weighted by Crippen LogP contribution is -2.29. The first-order valence-electron chi connectivity index (χ1n) is 8.24. The molecule has 0 atom stereocenters. The molecule has 0 aliphatic heterocycles. The quantitative estimate of drug-likeness (QED) is 0.746. The Kier molecular flexibility index (Phi) is 5.14. The number of aryl methyl sites for hydroxylation is 1. The lowest BCUT2D eigenvalue weighted by molar-refractivity contribution is 0.0940. The van der Waals surface area contributed by atoms with Crippen LogP contribution in [0, 0.1) is 6.92 Å². The number of carbonyl (C=O) groups excluding carboxylic acids is 1. The molecule has 3 aromatic rings. The second-order valence-corrected chi connectivity index (χ2v) is 5.93. The molecule has 3 nitrogen and oxygen atoms in total. The summed E-state index contributed by atoms with van der Waals surface area (Å²) in [5.74, 6) is 0.418. The van der Waals surface area contributed by atoms with Crippen LogP contribution in [0.5, 0.6) is 5.75 Å². The average molecular weight is 331 g/mol. The summed E-state index contributed by atoms with van der Waals surface area (Å²) in [5.41, 5.74) is 3.63. The minimum absolute atomic E-state index is 0.154. The number of hydrogen-bond acceptors (Lipinski definition) is 2. The lowest BCUT2D eigenvalue weighted by atomic mass is 9.98. The maximum Gasteiger partial charge on any atom is 0.255 e. The third-order valence-corrected chi connectivity index (χ3v) is 4.14. The van der Waals surface area contributed by atoms with Crippen LogP contribution in [0.25, 0.3) is 0 Å². The Balaban J connectivity index is 1.96. The van der Waals surface area contributed by atoms with Crippen molar-refractivity contribution in [3.8, 4) is 5.75 Å². The summed E-state index contributed by atoms with van der Waals surface area (Å²) in [6, 6.07) is 25.3. The van der Waals surface area contributed by atoms with Gasteiger partial charge in [0.1, 0.15) is 5.75 Å². The normalized spacial score (nSPS) is 10.5. The zero-order chi connectivity index (χ0) is 17.6. The highest BCUT2D eigenvalue weighted by atomic mass is 16.5. The third kappa shape index (κ3) is 3.89. The van der Waals surface area contributed by atoms with Crippen molar-refractivity contribution >= 4 is 5.91 Å². The predicted molar refractivity (Wildman–Crippen MR) is 99.9 cm³/mol. The van der Waals surface area contributed by atoms with Crippen molar-refractivity contribution in [1.82, 2.24) is 5.32 Å². The molecule has 0 bridgehead atoms. The zero-order valence-electron chi connectivity index (χ0n) is 14.4. The van der Waals surface area contributed by atoms with Gasteiger partial charge in [-0.2, -0.15) is 0 Å². The van der Waals surface area contributed by atoms with Gasteiger partial charge >= 0.3 is 0 Å². The fourth-order valence-corrected chi connectivity index (χ4v) is 2.86. The molecule has 0 saturated heterocycles. The van der Waals surface area contributed by atoms with Crippen LogP contribution in [-0.2, 0) is 0 Å². The van der Waals surface area contributed by atoms with Crippen LogP contribution < -0.4 is 10.1 Å². The molecule has 126 valence electrons. The first-order chi connectivity index (χ1) is 12.2. The van der Waals surface area contributed by atoms with Gasteiger partial charge < -0.3 is 10.1 Å². The maximum atomic E-state index is 12.9. The summed E-state index contributed by atoms with van der Waals surface area (Å²) >= 11 is 0. The standard InChI is InChI=1S/C22H21NO2/c1-16-13-14-20(25-2)19(15-16)22(24)23-21(17-9-5-3-6-10-17)18-11-7-4-8-12-18/h3-15,21H,1-2H3,(H,23,24). The zero-order valence-corrected chi connectivity index (χ0v) is 14.4. The van der Waals surface area contributed by atoms with E-state index < -0.39 is 0 Å². The molecular weight excluding hydrogens is 310 g/mol. The highest BCUT2D eigenvalue weighted by Crippen LogP contribution is 2.25. The van der Waals surface area contributed by atoms with E-state index in [1.165, 1.54) is 0 Å². The van der Waals surface area contributed by atoms with Gasteiger partial charge in [-0.25, -0.2) is 0 Å². The number of ether oxygens (including phenoxy) is 1. The first-order valence-corrected chi connectivity index (χ1v) is 8.24. The van der Waals surface area contributed by atoms with Crippen LogP contribution in [0.3, 0.4) is 0 Å². The molecule has 0 aromatic heterocycles. The van der Waals surface area contributed by atoms with Gasteiger partial charge in [-0.05, 0) is 30.2 Å². The van der Waals surface area contributed by atoms with Gasteiger partial charge in [0.25, 0.3) is 5.91 Å². The Morgan fingerprint density at radius 1 is 0.880 bits per heavy atom. The summed E-state index contributed by atoms with van der Waals surface area (Å²) in [6.07, 6.45) is 0. The van der Waals surface area contributed by atoms with Crippen molar-refractivity contribution in [2.75, 3.05) is 7.11 Å². The van der Waals surface area contributed by atoms with E-state index in [1.54, 1.807) is 7.11 Å². The molecule has 0 saturated carbocycles. The van der Waals surface area contributed by atoms with Gasteiger partial charge in [0.2, 0.25) is 0 Å². The Morgan fingerprint density at radius 3 is 1.96 bits per heavy atom. The van der Waals surface area contributed by atoms with Crippen LogP contribution in [0.15, 0.2) is 78.9 Å². The molecule has 0 fully saturated rings. The van der Waals surface area contributed by atoms with E-state index in [0.29, 0.717) is 11.3 Å². The number of hydrogen-bond donors (Lipinski definition) is 1. The maximum absolute atomic E-state index is 12.9. The fraction of sp³-hybridized carbons (Fsp3) is 0.136. The van der Waals surface area contributed by atoms with Crippen LogP contribution >= 0.6 is 0 Å². The smallest absolute Gasteiger partial charge is 0.255 e. The van der Waals surface area contributed by atoms with Gasteiger partial charge in [0, 0.05) is 0 Å². The molecule has 3 aromatic carbocycles. The molecule has 0 spiro atoms. The van der Waals surface area contributed by atoms with E-state index in [-0.39, 0.29) is 11.9 Å². The summed E-state index contributed by atoms with van der Waals surface area (Å²) in [4.78, 5) is 12.9. The second kappa shape index (κ2) is 7.67. The van der Waals surface area contributed by atoms with Gasteiger partial charge in [0.05, 0.1) is 18.7 Å². The minimum atomic E-state index is -0.222. The molecule has 0 aliphatic rings. The van der Waals surface area contributed by atoms with E-state index in [2.05, 4.69) is 5.32 Å². The molecule has 3 rings (SSSR count). The highest BCUT2D eigenvalue weighted by molar-refractivity contribution is 5.97. The fourth-order valence-electron chi connectivity index (χ4n) is 2.86. The predicted octanol–water partition coefficient (Wildman–Crippen LogP) is 4.52. The van der Waals surface area contributed by atoms with E-state index in [0.717, 1.165) is 16.7 Å². The van der Waals surface area contributed by atoms with E-state index in [1.807, 2.05) is 85.8 Å². The molecule has 0 heterocycles. The molecule has 0 aliphatic carbocycles. The van der Waals surface area contributed by atoms with Crippen molar-refractivity contribution < 1.29 is 9.53 Å².